The van der Waals surface area contributed by atoms with Crippen LogP contribution in [0.25, 0.3) is 0 Å². The molecule has 1 fully saturated rings. The minimum absolute atomic E-state index is 0.769. The van der Waals surface area contributed by atoms with Crippen molar-refractivity contribution in [2.45, 2.75) is 19.4 Å². The quantitative estimate of drug-likeness (QED) is 0.605. The zero-order valence-electron chi connectivity index (χ0n) is 7.22. The van der Waals surface area contributed by atoms with Gasteiger partial charge in [0.05, 0.1) is 0 Å². The molecule has 60 valence electrons. The van der Waals surface area contributed by atoms with Crippen LogP contribution >= 0.6 is 0 Å². The lowest BCUT2D eigenvalue weighted by Gasteiger charge is -2.23. The molecule has 1 rings (SSSR count). The van der Waals surface area contributed by atoms with Crippen LogP contribution in [0.1, 0.15) is 13.3 Å². The van der Waals surface area contributed by atoms with Gasteiger partial charge in [-0.1, -0.05) is 13.3 Å². The maximum atomic E-state index is 3.41. The van der Waals surface area contributed by atoms with Gasteiger partial charge >= 0.3 is 0 Å². The molecule has 1 heterocycles. The van der Waals surface area contributed by atoms with E-state index in [1.165, 1.54) is 19.5 Å². The van der Waals surface area contributed by atoms with E-state index in [2.05, 4.69) is 31.2 Å². The first-order valence-corrected chi connectivity index (χ1v) is 4.12. The Bertz CT molecular complexity index is 101. The van der Waals surface area contributed by atoms with Gasteiger partial charge in [-0.3, -0.25) is 0 Å². The molecule has 1 saturated heterocycles. The molecule has 0 aromatic rings. The van der Waals surface area contributed by atoms with Crippen LogP contribution in [-0.4, -0.2) is 38.1 Å². The van der Waals surface area contributed by atoms with Crippen LogP contribution in [-0.2, 0) is 0 Å². The fourth-order valence-electron chi connectivity index (χ4n) is 1.74. The molecule has 0 aliphatic carbocycles. The smallest absolute Gasteiger partial charge is 0.0254 e. The first-order chi connectivity index (χ1) is 4.75. The van der Waals surface area contributed by atoms with E-state index in [1.54, 1.807) is 0 Å². The largest absolute Gasteiger partial charge is 0.315 e. The van der Waals surface area contributed by atoms with E-state index in [9.17, 15) is 0 Å². The molecule has 0 unspecified atom stereocenters. The minimum atomic E-state index is 0.769. The van der Waals surface area contributed by atoms with Crippen molar-refractivity contribution in [2.75, 3.05) is 27.2 Å². The molecule has 0 bridgehead atoms. The molecule has 1 N–H and O–H groups in total. The van der Waals surface area contributed by atoms with E-state index in [-0.39, 0.29) is 0 Å². The topological polar surface area (TPSA) is 15.3 Å². The zero-order valence-corrected chi connectivity index (χ0v) is 7.22. The predicted molar refractivity (Wildman–Crippen MR) is 44.1 cm³/mol. The molecule has 0 amide bonds. The Morgan fingerprint density at radius 3 is 2.50 bits per heavy atom. The highest BCUT2D eigenvalue weighted by Gasteiger charge is 2.26. The van der Waals surface area contributed by atoms with Gasteiger partial charge in [0.25, 0.3) is 0 Å². The van der Waals surface area contributed by atoms with Crippen LogP contribution in [0.5, 0.6) is 0 Å². The molecule has 0 radical (unpaired) electrons. The second kappa shape index (κ2) is 3.35. The average Bonchev–Trinajstić information content (AvgIpc) is 2.33. The van der Waals surface area contributed by atoms with Crippen molar-refractivity contribution in [2.24, 2.45) is 5.92 Å². The first-order valence-electron chi connectivity index (χ1n) is 4.12. The molecule has 0 spiro atoms. The van der Waals surface area contributed by atoms with Crippen molar-refractivity contribution < 1.29 is 0 Å². The third-order valence-electron chi connectivity index (χ3n) is 2.49. The molecule has 2 nitrogen and oxygen atoms in total. The number of hydrogen-bond donors (Lipinski definition) is 1. The van der Waals surface area contributed by atoms with E-state index in [0.717, 1.165) is 12.0 Å². The standard InChI is InChI=1S/C8H18N2/c1-4-7-5-9-6-8(7)10(2)3/h7-9H,4-6H2,1-3H3/t7-,8+/m0/s1. The summed E-state index contributed by atoms with van der Waals surface area (Å²) in [5.74, 6) is 0.870. The molecular weight excluding hydrogens is 124 g/mol. The van der Waals surface area contributed by atoms with Crippen molar-refractivity contribution in [1.29, 1.82) is 0 Å². The predicted octanol–water partition coefficient (Wildman–Crippen LogP) is 0.546. The Labute approximate surface area is 63.6 Å². The second-order valence-electron chi connectivity index (χ2n) is 3.36. The summed E-state index contributed by atoms with van der Waals surface area (Å²) < 4.78 is 0. The Morgan fingerprint density at radius 1 is 1.40 bits per heavy atom. The van der Waals surface area contributed by atoms with Crippen LogP contribution in [0.15, 0.2) is 0 Å². The van der Waals surface area contributed by atoms with Gasteiger partial charge < -0.3 is 10.2 Å². The third-order valence-corrected chi connectivity index (χ3v) is 2.49. The number of rotatable bonds is 2. The number of nitrogens with one attached hydrogen (secondary N) is 1. The second-order valence-corrected chi connectivity index (χ2v) is 3.36. The van der Waals surface area contributed by atoms with Crippen LogP contribution in [0.2, 0.25) is 0 Å². The van der Waals surface area contributed by atoms with Gasteiger partial charge in [-0.2, -0.15) is 0 Å². The van der Waals surface area contributed by atoms with Gasteiger partial charge in [0.15, 0.2) is 0 Å². The highest BCUT2D eigenvalue weighted by atomic mass is 15.2. The summed E-state index contributed by atoms with van der Waals surface area (Å²) in [7, 11) is 4.33. The van der Waals surface area contributed by atoms with Crippen LogP contribution in [0, 0.1) is 5.92 Å². The summed E-state index contributed by atoms with van der Waals surface area (Å²) in [5.41, 5.74) is 0. The van der Waals surface area contributed by atoms with Gasteiger partial charge in [0.1, 0.15) is 0 Å². The fourth-order valence-corrected chi connectivity index (χ4v) is 1.74. The maximum Gasteiger partial charge on any atom is 0.0254 e. The van der Waals surface area contributed by atoms with Crippen LogP contribution < -0.4 is 5.32 Å². The third kappa shape index (κ3) is 1.50. The van der Waals surface area contributed by atoms with E-state index in [4.69, 9.17) is 0 Å². The van der Waals surface area contributed by atoms with Gasteiger partial charge in [-0.05, 0) is 26.6 Å². The molecule has 10 heavy (non-hydrogen) atoms. The summed E-state index contributed by atoms with van der Waals surface area (Å²) >= 11 is 0. The van der Waals surface area contributed by atoms with Crippen molar-refractivity contribution in [3.63, 3.8) is 0 Å². The van der Waals surface area contributed by atoms with Crippen molar-refractivity contribution in [1.82, 2.24) is 10.2 Å². The lowest BCUT2D eigenvalue weighted by molar-refractivity contribution is 0.250. The van der Waals surface area contributed by atoms with Gasteiger partial charge in [-0.15, -0.1) is 0 Å². The molecule has 2 atom stereocenters. The Morgan fingerprint density at radius 2 is 2.10 bits per heavy atom. The average molecular weight is 142 g/mol. The highest BCUT2D eigenvalue weighted by Crippen LogP contribution is 2.15. The molecule has 0 aromatic heterocycles. The number of nitrogens with zero attached hydrogens (tertiary/aromatic N) is 1. The Hall–Kier alpha value is -0.0800. The lowest BCUT2D eigenvalue weighted by atomic mass is 10.0. The fraction of sp³-hybridized carbons (Fsp3) is 1.00. The van der Waals surface area contributed by atoms with E-state index in [0.29, 0.717) is 0 Å². The zero-order chi connectivity index (χ0) is 7.56. The monoisotopic (exact) mass is 142 g/mol. The number of likely N-dealkylation sites (N-methyl/N-ethyl adjacent to an activating group) is 1. The summed E-state index contributed by atoms with van der Waals surface area (Å²) in [6.45, 7) is 4.65. The van der Waals surface area contributed by atoms with E-state index >= 15 is 0 Å². The maximum absolute atomic E-state index is 3.41. The SMILES string of the molecule is CC[C@H]1CNC[C@H]1N(C)C. The van der Waals surface area contributed by atoms with Crippen molar-refractivity contribution in [3.8, 4) is 0 Å². The van der Waals surface area contributed by atoms with Gasteiger partial charge in [-0.25, -0.2) is 0 Å². The summed E-state index contributed by atoms with van der Waals surface area (Å²) in [5, 5.41) is 3.41. The Balaban J connectivity index is 2.42. The normalized spacial score (nSPS) is 33.6. The van der Waals surface area contributed by atoms with Crippen molar-refractivity contribution in [3.05, 3.63) is 0 Å². The van der Waals surface area contributed by atoms with Crippen molar-refractivity contribution >= 4 is 0 Å². The summed E-state index contributed by atoms with van der Waals surface area (Å²) in [6, 6.07) is 0.769. The summed E-state index contributed by atoms with van der Waals surface area (Å²) in [6.07, 6.45) is 1.30. The van der Waals surface area contributed by atoms with E-state index in [1.807, 2.05) is 0 Å². The molecule has 0 aromatic carbocycles. The van der Waals surface area contributed by atoms with Gasteiger partial charge in [0, 0.05) is 12.6 Å². The van der Waals surface area contributed by atoms with E-state index < -0.39 is 0 Å². The highest BCUT2D eigenvalue weighted by molar-refractivity contribution is 4.85. The summed E-state index contributed by atoms with van der Waals surface area (Å²) in [4.78, 5) is 2.33. The molecule has 2 heteroatoms. The molecule has 0 saturated carbocycles. The first kappa shape index (κ1) is 8.02. The Kier molecular flexibility index (Phi) is 2.69. The molecular formula is C8H18N2. The minimum Gasteiger partial charge on any atom is -0.315 e. The van der Waals surface area contributed by atoms with Gasteiger partial charge in [0.2, 0.25) is 0 Å². The molecule has 1 aliphatic heterocycles. The lowest BCUT2D eigenvalue weighted by Crippen LogP contribution is -2.34. The van der Waals surface area contributed by atoms with Crippen LogP contribution in [0.4, 0.5) is 0 Å². The molecule has 1 aliphatic rings. The number of hydrogen-bond acceptors (Lipinski definition) is 2. The van der Waals surface area contributed by atoms with Crippen LogP contribution in [0.3, 0.4) is 0 Å².